The fraction of sp³-hybridized carbons (Fsp3) is 0.500. The molecule has 0 aliphatic heterocycles. The average molecular weight is 226 g/mol. The van der Waals surface area contributed by atoms with Crippen LogP contribution in [0.2, 0.25) is 0 Å². The Morgan fingerprint density at radius 1 is 1.27 bits per heavy atom. The minimum absolute atomic E-state index is 0.337. The van der Waals surface area contributed by atoms with Crippen molar-refractivity contribution >= 4 is 11.9 Å². The van der Waals surface area contributed by atoms with Crippen molar-refractivity contribution in [2.24, 2.45) is 0 Å². The standard InChI is InChI=1S/C8H9F3O4/c9-8(10,11)4-1-5-15-7(14)3-2-6(12)13/h2-3H,1,4-5H2,(H,12,13)/b3-2+. The SMILES string of the molecule is O=C(O)/C=C/C(=O)OCCCC(F)(F)F. The number of hydrogen-bond donors (Lipinski definition) is 1. The summed E-state index contributed by atoms with van der Waals surface area (Å²) in [6, 6.07) is 0. The molecule has 0 saturated carbocycles. The first-order chi connectivity index (χ1) is 6.81. The fourth-order valence-corrected chi connectivity index (χ4v) is 0.633. The predicted octanol–water partition coefficient (Wildman–Crippen LogP) is 1.51. The van der Waals surface area contributed by atoms with Gasteiger partial charge in [0.15, 0.2) is 0 Å². The molecule has 0 bridgehead atoms. The normalized spacial score (nSPS) is 11.7. The van der Waals surface area contributed by atoms with Gasteiger partial charge >= 0.3 is 18.1 Å². The van der Waals surface area contributed by atoms with Gasteiger partial charge in [-0.25, -0.2) is 9.59 Å². The molecule has 86 valence electrons. The summed E-state index contributed by atoms with van der Waals surface area (Å²) >= 11 is 0. The Morgan fingerprint density at radius 3 is 2.33 bits per heavy atom. The van der Waals surface area contributed by atoms with Crippen LogP contribution in [0.3, 0.4) is 0 Å². The highest BCUT2D eigenvalue weighted by atomic mass is 19.4. The third kappa shape index (κ3) is 10.4. The molecule has 0 amide bonds. The summed E-state index contributed by atoms with van der Waals surface area (Å²) < 4.78 is 39.1. The Balaban J connectivity index is 3.61. The smallest absolute Gasteiger partial charge is 0.389 e. The van der Waals surface area contributed by atoms with Gasteiger partial charge in [0.25, 0.3) is 0 Å². The lowest BCUT2D eigenvalue weighted by Gasteiger charge is -2.05. The third-order valence-corrected chi connectivity index (χ3v) is 1.21. The molecule has 0 aromatic rings. The van der Waals surface area contributed by atoms with Gasteiger partial charge in [0.05, 0.1) is 6.61 Å². The molecule has 0 aromatic heterocycles. The average Bonchev–Trinajstić information content (AvgIpc) is 2.07. The van der Waals surface area contributed by atoms with E-state index in [1.165, 1.54) is 0 Å². The van der Waals surface area contributed by atoms with Crippen molar-refractivity contribution in [3.8, 4) is 0 Å². The number of carboxylic acids is 1. The van der Waals surface area contributed by atoms with E-state index in [2.05, 4.69) is 4.74 Å². The molecular formula is C8H9F3O4. The van der Waals surface area contributed by atoms with Crippen molar-refractivity contribution in [1.29, 1.82) is 0 Å². The number of rotatable bonds is 5. The molecule has 0 heterocycles. The van der Waals surface area contributed by atoms with Gasteiger partial charge in [0, 0.05) is 18.6 Å². The second-order valence-electron chi connectivity index (χ2n) is 2.56. The van der Waals surface area contributed by atoms with Crippen LogP contribution in [0.25, 0.3) is 0 Å². The lowest BCUT2D eigenvalue weighted by atomic mass is 10.3. The van der Waals surface area contributed by atoms with Gasteiger partial charge in [-0.05, 0) is 6.42 Å². The van der Waals surface area contributed by atoms with E-state index in [4.69, 9.17) is 5.11 Å². The number of ether oxygens (including phenoxy) is 1. The van der Waals surface area contributed by atoms with Crippen molar-refractivity contribution in [1.82, 2.24) is 0 Å². The lowest BCUT2D eigenvalue weighted by Crippen LogP contribution is -2.10. The highest BCUT2D eigenvalue weighted by molar-refractivity contribution is 5.90. The number of hydrogen-bond acceptors (Lipinski definition) is 3. The number of carbonyl (C=O) groups excluding carboxylic acids is 1. The molecular weight excluding hydrogens is 217 g/mol. The summed E-state index contributed by atoms with van der Waals surface area (Å²) in [5, 5.41) is 8.10. The monoisotopic (exact) mass is 226 g/mol. The number of carbonyl (C=O) groups is 2. The van der Waals surface area contributed by atoms with Crippen molar-refractivity contribution in [2.45, 2.75) is 19.0 Å². The van der Waals surface area contributed by atoms with Crippen LogP contribution in [-0.2, 0) is 14.3 Å². The highest BCUT2D eigenvalue weighted by Gasteiger charge is 2.26. The van der Waals surface area contributed by atoms with Crippen LogP contribution >= 0.6 is 0 Å². The van der Waals surface area contributed by atoms with E-state index in [0.717, 1.165) is 0 Å². The molecule has 4 nitrogen and oxygen atoms in total. The van der Waals surface area contributed by atoms with E-state index in [1.54, 1.807) is 0 Å². The largest absolute Gasteiger partial charge is 0.478 e. The van der Waals surface area contributed by atoms with Gasteiger partial charge in [-0.15, -0.1) is 0 Å². The maximum Gasteiger partial charge on any atom is 0.389 e. The number of aliphatic carboxylic acids is 1. The first-order valence-electron chi connectivity index (χ1n) is 3.96. The molecule has 0 aliphatic rings. The van der Waals surface area contributed by atoms with Crippen LogP contribution < -0.4 is 0 Å². The van der Waals surface area contributed by atoms with E-state index in [0.29, 0.717) is 12.2 Å². The van der Waals surface area contributed by atoms with Gasteiger partial charge in [-0.1, -0.05) is 0 Å². The fourth-order valence-electron chi connectivity index (χ4n) is 0.633. The van der Waals surface area contributed by atoms with E-state index >= 15 is 0 Å². The zero-order chi connectivity index (χ0) is 11.9. The molecule has 15 heavy (non-hydrogen) atoms. The van der Waals surface area contributed by atoms with E-state index in [-0.39, 0.29) is 13.0 Å². The van der Waals surface area contributed by atoms with Gasteiger partial charge in [0.1, 0.15) is 0 Å². The topological polar surface area (TPSA) is 63.6 Å². The second-order valence-corrected chi connectivity index (χ2v) is 2.56. The van der Waals surface area contributed by atoms with Crippen LogP contribution in [0.4, 0.5) is 13.2 Å². The van der Waals surface area contributed by atoms with E-state index in [1.807, 2.05) is 0 Å². The molecule has 0 radical (unpaired) electrons. The number of alkyl halides is 3. The van der Waals surface area contributed by atoms with E-state index < -0.39 is 24.5 Å². The first kappa shape index (κ1) is 13.5. The molecule has 0 rings (SSSR count). The summed E-state index contributed by atoms with van der Waals surface area (Å²) in [6.45, 7) is -0.387. The molecule has 0 fully saturated rings. The molecule has 0 aliphatic carbocycles. The molecule has 0 atom stereocenters. The van der Waals surface area contributed by atoms with Crippen molar-refractivity contribution in [3.63, 3.8) is 0 Å². The second kappa shape index (κ2) is 6.05. The zero-order valence-corrected chi connectivity index (χ0v) is 7.58. The van der Waals surface area contributed by atoms with Crippen LogP contribution in [0.15, 0.2) is 12.2 Å². The van der Waals surface area contributed by atoms with Gasteiger partial charge < -0.3 is 9.84 Å². The van der Waals surface area contributed by atoms with Crippen LogP contribution in [0.1, 0.15) is 12.8 Å². The van der Waals surface area contributed by atoms with Gasteiger partial charge in [-0.3, -0.25) is 0 Å². The lowest BCUT2D eigenvalue weighted by molar-refractivity contribution is -0.146. The quantitative estimate of drug-likeness (QED) is 0.438. The molecule has 0 aromatic carbocycles. The van der Waals surface area contributed by atoms with Crippen molar-refractivity contribution in [2.75, 3.05) is 6.61 Å². The zero-order valence-electron chi connectivity index (χ0n) is 7.58. The van der Waals surface area contributed by atoms with Crippen molar-refractivity contribution < 1.29 is 32.6 Å². The molecule has 7 heteroatoms. The summed E-state index contributed by atoms with van der Waals surface area (Å²) in [6.07, 6.45) is -4.47. The maximum absolute atomic E-state index is 11.6. The maximum atomic E-state index is 11.6. The van der Waals surface area contributed by atoms with Gasteiger partial charge in [-0.2, -0.15) is 13.2 Å². The van der Waals surface area contributed by atoms with Gasteiger partial charge in [0.2, 0.25) is 0 Å². The van der Waals surface area contributed by atoms with Crippen LogP contribution in [-0.4, -0.2) is 29.8 Å². The highest BCUT2D eigenvalue weighted by Crippen LogP contribution is 2.20. The molecule has 0 unspecified atom stereocenters. The molecule has 0 saturated heterocycles. The van der Waals surface area contributed by atoms with Crippen LogP contribution in [0.5, 0.6) is 0 Å². The summed E-state index contributed by atoms with van der Waals surface area (Å²) in [5.74, 6) is -2.30. The minimum atomic E-state index is -4.27. The third-order valence-electron chi connectivity index (χ3n) is 1.21. The van der Waals surface area contributed by atoms with Crippen LogP contribution in [0, 0.1) is 0 Å². The Hall–Kier alpha value is -1.53. The Kier molecular flexibility index (Phi) is 5.43. The van der Waals surface area contributed by atoms with E-state index in [9.17, 15) is 22.8 Å². The predicted molar refractivity (Wildman–Crippen MR) is 43.0 cm³/mol. The Morgan fingerprint density at radius 2 is 1.87 bits per heavy atom. The first-order valence-corrected chi connectivity index (χ1v) is 3.96. The Labute approximate surface area is 83.3 Å². The summed E-state index contributed by atoms with van der Waals surface area (Å²) in [4.78, 5) is 20.5. The summed E-state index contributed by atoms with van der Waals surface area (Å²) in [7, 11) is 0. The number of halogens is 3. The Bertz CT molecular complexity index is 257. The minimum Gasteiger partial charge on any atom is -0.478 e. The number of carboxylic acid groups (broad SMARTS) is 1. The molecule has 0 spiro atoms. The summed E-state index contributed by atoms with van der Waals surface area (Å²) in [5.41, 5.74) is 0. The molecule has 1 N–H and O–H groups in total. The van der Waals surface area contributed by atoms with Crippen molar-refractivity contribution in [3.05, 3.63) is 12.2 Å². The number of esters is 1.